The zero-order chi connectivity index (χ0) is 5.91. The highest BCUT2D eigenvalue weighted by atomic mass is 28.4. The van der Waals surface area contributed by atoms with Crippen LogP contribution >= 0.6 is 0 Å². The van der Waals surface area contributed by atoms with E-state index in [0.717, 1.165) is 0 Å². The average molecular weight is 115 g/mol. The summed E-state index contributed by atoms with van der Waals surface area (Å²) >= 11 is 0. The van der Waals surface area contributed by atoms with Crippen LogP contribution in [-0.2, 0) is 0 Å². The van der Waals surface area contributed by atoms with Gasteiger partial charge in [0, 0.05) is 0 Å². The molecule has 2 nitrogen and oxygen atoms in total. The van der Waals surface area contributed by atoms with Crippen LogP contribution in [0.3, 0.4) is 0 Å². The molecule has 1 unspecified atom stereocenters. The second-order valence-corrected chi connectivity index (χ2v) is 5.22. The van der Waals surface area contributed by atoms with E-state index >= 15 is 0 Å². The minimum absolute atomic E-state index is 0.628. The van der Waals surface area contributed by atoms with Gasteiger partial charge in [-0.1, -0.05) is 6.92 Å². The van der Waals surface area contributed by atoms with Crippen LogP contribution in [0.15, 0.2) is 0 Å². The molecule has 0 bridgehead atoms. The van der Waals surface area contributed by atoms with Gasteiger partial charge in [0.1, 0.15) is 0 Å². The largest absolute Gasteiger partial charge is 0.420 e. The highest BCUT2D eigenvalue weighted by molar-refractivity contribution is 6.78. The van der Waals surface area contributed by atoms with Crippen LogP contribution in [-0.4, -0.2) is 13.1 Å². The van der Waals surface area contributed by atoms with Gasteiger partial charge in [0.15, 0.2) is 0 Å². The van der Waals surface area contributed by atoms with Crippen molar-refractivity contribution in [1.29, 1.82) is 5.26 Å². The number of nitriles is 1. The summed E-state index contributed by atoms with van der Waals surface area (Å²) in [6.07, 6.45) is 0. The van der Waals surface area contributed by atoms with Crippen molar-refractivity contribution in [1.82, 2.24) is 0 Å². The third kappa shape index (κ3) is 2.37. The minimum Gasteiger partial charge on any atom is -0.420 e. The molecule has 0 amide bonds. The van der Waals surface area contributed by atoms with E-state index in [4.69, 9.17) is 10.1 Å². The Hall–Kier alpha value is -0.333. The van der Waals surface area contributed by atoms with Crippen LogP contribution < -0.4 is 0 Å². The number of hydrogen-bond donors (Lipinski definition) is 1. The van der Waals surface area contributed by atoms with Gasteiger partial charge in [0.2, 0.25) is 0 Å². The molecule has 0 rings (SSSR count). The van der Waals surface area contributed by atoms with Crippen molar-refractivity contribution in [2.75, 3.05) is 0 Å². The molecule has 0 fully saturated rings. The molecule has 0 aromatic heterocycles. The van der Waals surface area contributed by atoms with Crippen LogP contribution in [0.25, 0.3) is 0 Å². The van der Waals surface area contributed by atoms with E-state index in [1.54, 1.807) is 6.55 Å². The molecule has 0 aliphatic rings. The third-order valence-electron chi connectivity index (χ3n) is 0.929. The van der Waals surface area contributed by atoms with Crippen LogP contribution in [0.5, 0.6) is 0 Å². The fourth-order valence-electron chi connectivity index (χ4n) is 0.0791. The van der Waals surface area contributed by atoms with E-state index in [2.05, 4.69) is 0 Å². The van der Waals surface area contributed by atoms with Crippen molar-refractivity contribution in [3.05, 3.63) is 0 Å². The van der Waals surface area contributed by atoms with Gasteiger partial charge in [-0.25, -0.2) is 5.26 Å². The summed E-state index contributed by atoms with van der Waals surface area (Å²) in [5.74, 6) is 0. The lowest BCUT2D eigenvalue weighted by Crippen LogP contribution is -2.25. The Labute approximate surface area is 44.5 Å². The van der Waals surface area contributed by atoms with E-state index in [1.807, 2.05) is 12.6 Å². The lowest BCUT2D eigenvalue weighted by molar-refractivity contribution is 0.560. The van der Waals surface area contributed by atoms with E-state index < -0.39 is 8.32 Å². The summed E-state index contributed by atoms with van der Waals surface area (Å²) in [5.41, 5.74) is 1.89. The van der Waals surface area contributed by atoms with Crippen molar-refractivity contribution in [2.45, 2.75) is 19.5 Å². The quantitative estimate of drug-likeness (QED) is 0.509. The van der Waals surface area contributed by atoms with Gasteiger partial charge >= 0.3 is 0 Å². The van der Waals surface area contributed by atoms with Crippen molar-refractivity contribution in [3.8, 4) is 5.69 Å². The Morgan fingerprint density at radius 1 is 1.86 bits per heavy atom. The average Bonchev–Trinajstić information content (AvgIpc) is 1.68. The number of nitrogens with zero attached hydrogens (tertiary/aromatic N) is 1. The first-order valence-corrected chi connectivity index (χ1v) is 4.91. The smallest absolute Gasteiger partial charge is 0.300 e. The molecule has 1 atom stereocenters. The van der Waals surface area contributed by atoms with E-state index in [1.165, 1.54) is 0 Å². The molecule has 7 heavy (non-hydrogen) atoms. The maximum atomic E-state index is 8.91. The third-order valence-corrected chi connectivity index (χ3v) is 2.79. The maximum Gasteiger partial charge on any atom is 0.300 e. The van der Waals surface area contributed by atoms with Gasteiger partial charge < -0.3 is 4.80 Å². The molecule has 0 aliphatic carbocycles. The molecule has 0 aromatic rings. The van der Waals surface area contributed by atoms with E-state index in [-0.39, 0.29) is 0 Å². The molecule has 0 aliphatic heterocycles. The molecule has 0 heterocycles. The summed E-state index contributed by atoms with van der Waals surface area (Å²) in [6.45, 7) is 3.46. The molecule has 40 valence electrons. The van der Waals surface area contributed by atoms with Gasteiger partial charge in [0.05, 0.1) is 5.69 Å². The topological polar surface area (TPSA) is 44.0 Å². The first kappa shape index (κ1) is 6.67. The fourth-order valence-corrected chi connectivity index (χ4v) is 0.237. The van der Waals surface area contributed by atoms with Gasteiger partial charge in [-0.15, -0.1) is 0 Å². The van der Waals surface area contributed by atoms with Gasteiger partial charge in [-0.3, -0.25) is 0 Å². The zero-order valence-electron chi connectivity index (χ0n) is 4.60. The first-order valence-electron chi connectivity index (χ1n) is 2.26. The Morgan fingerprint density at radius 3 is 2.29 bits per heavy atom. The lowest BCUT2D eigenvalue weighted by atomic mass is 11.0. The van der Waals surface area contributed by atoms with Gasteiger partial charge in [-0.05, 0) is 12.6 Å². The molecule has 1 N–H and O–H groups in total. The van der Waals surface area contributed by atoms with E-state index in [0.29, 0.717) is 6.04 Å². The molecule has 0 aromatic carbocycles. The molecular weight excluding hydrogens is 106 g/mol. The molecule has 0 saturated carbocycles. The Bertz CT molecular complexity index is 94.4. The van der Waals surface area contributed by atoms with Crippen LogP contribution in [0, 0.1) is 11.0 Å². The number of rotatable bonds is 1. The highest BCUT2D eigenvalue weighted by Gasteiger charge is 2.20. The normalized spacial score (nSPS) is 17.4. The monoisotopic (exact) mass is 115 g/mol. The summed E-state index contributed by atoms with van der Waals surface area (Å²) in [5, 5.41) is 8.16. The second kappa shape index (κ2) is 2.10. The Balaban J connectivity index is 3.66. The molecule has 0 spiro atoms. The molecule has 3 heteroatoms. The molecule has 0 saturated heterocycles. The zero-order valence-corrected chi connectivity index (χ0v) is 5.60. The van der Waals surface area contributed by atoms with Crippen molar-refractivity contribution in [3.63, 3.8) is 0 Å². The van der Waals surface area contributed by atoms with Crippen molar-refractivity contribution in [2.24, 2.45) is 0 Å². The van der Waals surface area contributed by atoms with Crippen LogP contribution in [0.2, 0.25) is 12.6 Å². The van der Waals surface area contributed by atoms with Crippen LogP contribution in [0.1, 0.15) is 6.92 Å². The highest BCUT2D eigenvalue weighted by Crippen LogP contribution is 1.99. The van der Waals surface area contributed by atoms with Crippen molar-refractivity contribution >= 4 is 8.32 Å². The summed E-state index contributed by atoms with van der Waals surface area (Å²) in [6, 6.07) is 0.628. The minimum atomic E-state index is -2.35. The Kier molecular flexibility index (Phi) is 2.00. The molecule has 0 radical (unpaired) electrons. The predicted molar refractivity (Wildman–Crippen MR) is 29.9 cm³/mol. The second-order valence-electron chi connectivity index (χ2n) is 1.74. The standard InChI is InChI=1S/C4H9NOSi/c1-3-7(2,6)4-5/h6H,3H2,1-2H3. The van der Waals surface area contributed by atoms with Crippen molar-refractivity contribution < 1.29 is 4.80 Å². The maximum absolute atomic E-state index is 8.91. The fraction of sp³-hybridized carbons (Fsp3) is 0.750. The summed E-state index contributed by atoms with van der Waals surface area (Å²) in [4.78, 5) is 8.91. The van der Waals surface area contributed by atoms with Gasteiger partial charge in [-0.2, -0.15) is 0 Å². The van der Waals surface area contributed by atoms with E-state index in [9.17, 15) is 0 Å². The Morgan fingerprint density at radius 2 is 2.29 bits per heavy atom. The first-order chi connectivity index (χ1) is 3.12. The number of hydrogen-bond acceptors (Lipinski definition) is 2. The predicted octanol–water partition coefficient (Wildman–Crippen LogP) is 0.637. The van der Waals surface area contributed by atoms with Crippen LogP contribution in [0.4, 0.5) is 0 Å². The summed E-state index contributed by atoms with van der Waals surface area (Å²) < 4.78 is 0. The van der Waals surface area contributed by atoms with Gasteiger partial charge in [0.25, 0.3) is 8.32 Å². The SMILES string of the molecule is CC[Si](C)(O)C#N. The molecular formula is C4H9NOSi. The summed E-state index contributed by atoms with van der Waals surface area (Å²) in [7, 11) is -2.35. The lowest BCUT2D eigenvalue weighted by Gasteiger charge is -2.02.